The van der Waals surface area contributed by atoms with Gasteiger partial charge in [0.05, 0.1) is 10.1 Å². The fourth-order valence-electron chi connectivity index (χ4n) is 2.04. The molecule has 1 amide bonds. The van der Waals surface area contributed by atoms with Gasteiger partial charge in [-0.1, -0.05) is 18.7 Å². The minimum Gasteiger partial charge on any atom is -0.325 e. The number of aromatic nitrogens is 3. The van der Waals surface area contributed by atoms with E-state index in [1.165, 1.54) is 23.9 Å². The molecule has 2 rings (SSSR count). The molecule has 142 valence electrons. The molecule has 0 unspecified atom stereocenters. The molecule has 3 N–H and O–H groups in total. The van der Waals surface area contributed by atoms with E-state index >= 15 is 0 Å². The number of anilines is 1. The molecular weight excluding hydrogens is 374 g/mol. The summed E-state index contributed by atoms with van der Waals surface area (Å²) in [4.78, 5) is 16.7. The number of rotatable bonds is 8. The molecular formula is C16H23N5O3S2. The normalized spacial score (nSPS) is 13.0. The van der Waals surface area contributed by atoms with Gasteiger partial charge < -0.3 is 5.32 Å². The Bertz CT molecular complexity index is 847. The quantitative estimate of drug-likeness (QED) is 0.588. The summed E-state index contributed by atoms with van der Waals surface area (Å²) < 4.78 is 26.7. The Morgan fingerprint density at radius 2 is 1.88 bits per heavy atom. The van der Waals surface area contributed by atoms with Crippen molar-refractivity contribution in [3.05, 3.63) is 30.1 Å². The zero-order valence-electron chi connectivity index (χ0n) is 15.1. The summed E-state index contributed by atoms with van der Waals surface area (Å²) in [7, 11) is -3.55. The summed E-state index contributed by atoms with van der Waals surface area (Å²) in [6.45, 7) is 7.23. The van der Waals surface area contributed by atoms with Crippen LogP contribution >= 0.6 is 11.8 Å². The maximum absolute atomic E-state index is 12.3. The number of sulfonamides is 1. The summed E-state index contributed by atoms with van der Waals surface area (Å²) in [5.74, 6) is 0.556. The van der Waals surface area contributed by atoms with Crippen LogP contribution in [-0.2, 0) is 21.2 Å². The lowest BCUT2D eigenvalue weighted by Gasteiger charge is -2.12. The van der Waals surface area contributed by atoms with Gasteiger partial charge in [-0.2, -0.15) is 0 Å². The molecule has 0 aliphatic heterocycles. The second-order valence-corrected chi connectivity index (χ2v) is 8.99. The molecule has 0 saturated carbocycles. The van der Waals surface area contributed by atoms with Gasteiger partial charge in [0.2, 0.25) is 21.1 Å². The molecule has 0 radical (unpaired) electrons. The molecule has 0 spiro atoms. The van der Waals surface area contributed by atoms with E-state index in [4.69, 9.17) is 0 Å². The summed E-state index contributed by atoms with van der Waals surface area (Å²) >= 11 is 1.25. The van der Waals surface area contributed by atoms with Crippen molar-refractivity contribution >= 4 is 33.4 Å². The lowest BCUT2D eigenvalue weighted by Crippen LogP contribution is -2.30. The predicted molar refractivity (Wildman–Crippen MR) is 102 cm³/mol. The lowest BCUT2D eigenvalue weighted by molar-refractivity contribution is -0.115. The molecule has 1 aromatic carbocycles. The third kappa shape index (κ3) is 5.55. The van der Waals surface area contributed by atoms with E-state index in [0.29, 0.717) is 10.8 Å². The molecule has 0 aliphatic carbocycles. The second kappa shape index (κ2) is 8.65. The minimum atomic E-state index is -3.55. The number of aromatic amines is 1. The highest BCUT2D eigenvalue weighted by Gasteiger charge is 2.18. The van der Waals surface area contributed by atoms with Crippen LogP contribution in [0.5, 0.6) is 0 Å². The Morgan fingerprint density at radius 3 is 2.42 bits per heavy atom. The first kappa shape index (κ1) is 20.4. The van der Waals surface area contributed by atoms with E-state index in [1.807, 2.05) is 6.92 Å². The molecule has 26 heavy (non-hydrogen) atoms. The third-order valence-electron chi connectivity index (χ3n) is 3.32. The molecule has 1 atom stereocenters. The van der Waals surface area contributed by atoms with Crippen LogP contribution in [0.1, 0.15) is 33.5 Å². The van der Waals surface area contributed by atoms with Crippen molar-refractivity contribution < 1.29 is 13.2 Å². The maximum atomic E-state index is 12.3. The number of hydrogen-bond donors (Lipinski definition) is 3. The first-order valence-corrected chi connectivity index (χ1v) is 10.6. The van der Waals surface area contributed by atoms with Gasteiger partial charge in [-0.05, 0) is 45.0 Å². The fourth-order valence-corrected chi connectivity index (χ4v) is 4.03. The number of benzene rings is 1. The Hall–Kier alpha value is -1.91. The van der Waals surface area contributed by atoms with E-state index in [1.54, 1.807) is 32.9 Å². The molecule has 0 bridgehead atoms. The van der Waals surface area contributed by atoms with Gasteiger partial charge in [-0.15, -0.1) is 5.10 Å². The molecule has 2 aromatic rings. The van der Waals surface area contributed by atoms with Crippen LogP contribution in [0.25, 0.3) is 0 Å². The Labute approximate surface area is 157 Å². The van der Waals surface area contributed by atoms with Crippen LogP contribution in [0.3, 0.4) is 0 Å². The average Bonchev–Trinajstić information content (AvgIpc) is 3.01. The average molecular weight is 398 g/mol. The topological polar surface area (TPSA) is 117 Å². The largest absolute Gasteiger partial charge is 0.325 e. The number of hydrogen-bond acceptors (Lipinski definition) is 6. The van der Waals surface area contributed by atoms with Crippen LogP contribution in [-0.4, -0.2) is 40.8 Å². The van der Waals surface area contributed by atoms with Gasteiger partial charge in [-0.3, -0.25) is 9.89 Å². The molecule has 0 aliphatic rings. The second-order valence-electron chi connectivity index (χ2n) is 5.97. The number of thioether (sulfide) groups is 1. The summed E-state index contributed by atoms with van der Waals surface area (Å²) in [5.41, 5.74) is 0.523. The Kier molecular flexibility index (Phi) is 6.79. The van der Waals surface area contributed by atoms with Crippen molar-refractivity contribution in [3.8, 4) is 0 Å². The summed E-state index contributed by atoms with van der Waals surface area (Å²) in [6, 6.07) is 5.85. The van der Waals surface area contributed by atoms with Crippen LogP contribution in [0.2, 0.25) is 0 Å². The summed E-state index contributed by atoms with van der Waals surface area (Å²) in [6.07, 6.45) is 0.745. The highest BCUT2D eigenvalue weighted by atomic mass is 32.2. The highest BCUT2D eigenvalue weighted by Crippen LogP contribution is 2.21. The van der Waals surface area contributed by atoms with Gasteiger partial charge in [-0.25, -0.2) is 18.1 Å². The van der Waals surface area contributed by atoms with Crippen molar-refractivity contribution in [2.24, 2.45) is 0 Å². The van der Waals surface area contributed by atoms with Gasteiger partial charge in [0.15, 0.2) is 0 Å². The number of H-pyrrole nitrogens is 1. The number of nitrogens with zero attached hydrogens (tertiary/aromatic N) is 2. The first-order valence-electron chi connectivity index (χ1n) is 8.22. The number of amides is 1. The molecule has 1 aromatic heterocycles. The van der Waals surface area contributed by atoms with Gasteiger partial charge >= 0.3 is 0 Å². The molecule has 1 heterocycles. The summed E-state index contributed by atoms with van der Waals surface area (Å²) in [5, 5.41) is 9.74. The van der Waals surface area contributed by atoms with Gasteiger partial charge in [0.1, 0.15) is 5.82 Å². The zero-order valence-corrected chi connectivity index (χ0v) is 16.7. The molecule has 10 heteroatoms. The first-order chi connectivity index (χ1) is 12.2. The minimum absolute atomic E-state index is 0.152. The lowest BCUT2D eigenvalue weighted by atomic mass is 10.3. The predicted octanol–water partition coefficient (Wildman–Crippen LogP) is 2.17. The molecule has 8 nitrogen and oxygen atoms in total. The monoisotopic (exact) mass is 397 g/mol. The van der Waals surface area contributed by atoms with E-state index in [9.17, 15) is 13.2 Å². The van der Waals surface area contributed by atoms with E-state index in [-0.39, 0.29) is 16.8 Å². The van der Waals surface area contributed by atoms with Crippen molar-refractivity contribution in [3.63, 3.8) is 0 Å². The smallest absolute Gasteiger partial charge is 0.240 e. The van der Waals surface area contributed by atoms with Crippen molar-refractivity contribution in [1.82, 2.24) is 19.9 Å². The van der Waals surface area contributed by atoms with Crippen LogP contribution in [0.15, 0.2) is 34.3 Å². The number of nitrogens with one attached hydrogen (secondary N) is 3. The zero-order chi connectivity index (χ0) is 19.3. The number of aryl methyl sites for hydroxylation is 1. The molecule has 0 fully saturated rings. The van der Waals surface area contributed by atoms with Crippen LogP contribution < -0.4 is 10.0 Å². The maximum Gasteiger partial charge on any atom is 0.240 e. The van der Waals surface area contributed by atoms with Crippen molar-refractivity contribution in [1.29, 1.82) is 0 Å². The van der Waals surface area contributed by atoms with E-state index in [2.05, 4.69) is 25.2 Å². The standard InChI is InChI=1S/C16H23N5O3S2/c1-5-14-18-16(20-19-14)25-11(4)15(22)17-12-6-8-13(9-7-12)26(23,24)21-10(2)3/h6-11,21H,5H2,1-4H3,(H,17,22)(H,18,19,20)/t11-/m1/s1. The van der Waals surface area contributed by atoms with Crippen molar-refractivity contribution in [2.75, 3.05) is 5.32 Å². The number of carbonyl (C=O) groups is 1. The van der Waals surface area contributed by atoms with Crippen LogP contribution in [0, 0.1) is 0 Å². The van der Waals surface area contributed by atoms with Crippen molar-refractivity contribution in [2.45, 2.75) is 55.5 Å². The highest BCUT2D eigenvalue weighted by molar-refractivity contribution is 8.00. The van der Waals surface area contributed by atoms with E-state index < -0.39 is 15.3 Å². The SMILES string of the molecule is CCc1nc(S[C@H](C)C(=O)Nc2ccc(S(=O)(=O)NC(C)C)cc2)n[nH]1. The molecule has 0 saturated heterocycles. The van der Waals surface area contributed by atoms with E-state index in [0.717, 1.165) is 12.2 Å². The Balaban J connectivity index is 1.98. The van der Waals surface area contributed by atoms with Gasteiger partial charge in [0.25, 0.3) is 0 Å². The van der Waals surface area contributed by atoms with Crippen LogP contribution in [0.4, 0.5) is 5.69 Å². The third-order valence-corrected chi connectivity index (χ3v) is 5.96. The Morgan fingerprint density at radius 1 is 1.23 bits per heavy atom. The fraction of sp³-hybridized carbons (Fsp3) is 0.438. The van der Waals surface area contributed by atoms with Gasteiger partial charge in [0, 0.05) is 18.2 Å². The number of carbonyl (C=O) groups excluding carboxylic acids is 1.